The molecule has 5 heteroatoms. The second-order valence-electron chi connectivity index (χ2n) is 5.36. The summed E-state index contributed by atoms with van der Waals surface area (Å²) in [6.07, 6.45) is -0.285. The van der Waals surface area contributed by atoms with E-state index in [1.165, 1.54) is 0 Å². The fourth-order valence-electron chi connectivity index (χ4n) is 2.42. The molecule has 19 heavy (non-hydrogen) atoms. The molecule has 1 aliphatic rings. The average Bonchev–Trinajstić information content (AvgIpc) is 2.43. The van der Waals surface area contributed by atoms with E-state index in [2.05, 4.69) is 35.9 Å². The molecule has 1 fully saturated rings. The van der Waals surface area contributed by atoms with Crippen LogP contribution in [0.15, 0.2) is 0 Å². The topological polar surface area (TPSA) is 48.0 Å². The minimum atomic E-state index is -0.285. The van der Waals surface area contributed by atoms with Gasteiger partial charge in [-0.3, -0.25) is 4.90 Å². The summed E-state index contributed by atoms with van der Waals surface area (Å²) in [6.45, 7) is 14.6. The predicted molar refractivity (Wildman–Crippen MR) is 78.5 cm³/mol. The quantitative estimate of drug-likeness (QED) is 0.619. The molecule has 2 unspecified atom stereocenters. The number of hydrogen-bond acceptors (Lipinski definition) is 5. The van der Waals surface area contributed by atoms with Crippen LogP contribution in [0.1, 0.15) is 20.8 Å². The van der Waals surface area contributed by atoms with Crippen LogP contribution in [0.4, 0.5) is 0 Å². The van der Waals surface area contributed by atoms with Crippen molar-refractivity contribution in [2.24, 2.45) is 0 Å². The number of likely N-dealkylation sites (N-methyl/N-ethyl adjacent to an activating group) is 1. The molecule has 1 saturated heterocycles. The van der Waals surface area contributed by atoms with Gasteiger partial charge in [0.05, 0.1) is 19.3 Å². The third kappa shape index (κ3) is 7.22. The van der Waals surface area contributed by atoms with E-state index in [0.717, 1.165) is 52.5 Å². The first-order valence-electron chi connectivity index (χ1n) is 7.59. The molecule has 114 valence electrons. The fraction of sp³-hybridized carbons (Fsp3) is 1.00. The highest BCUT2D eigenvalue weighted by atomic mass is 16.5. The zero-order chi connectivity index (χ0) is 14.1. The van der Waals surface area contributed by atoms with Crippen molar-refractivity contribution in [3.63, 3.8) is 0 Å². The van der Waals surface area contributed by atoms with E-state index in [1.807, 2.05) is 0 Å². The Kier molecular flexibility index (Phi) is 8.57. The van der Waals surface area contributed by atoms with Gasteiger partial charge in [-0.1, -0.05) is 13.8 Å². The molecular formula is C14H31N3O2. The van der Waals surface area contributed by atoms with Crippen LogP contribution in [-0.4, -0.2) is 86.1 Å². The van der Waals surface area contributed by atoms with Crippen molar-refractivity contribution < 1.29 is 9.84 Å². The van der Waals surface area contributed by atoms with Crippen LogP contribution >= 0.6 is 0 Å². The number of aliphatic hydroxyl groups is 1. The monoisotopic (exact) mass is 273 g/mol. The smallest absolute Gasteiger partial charge is 0.0791 e. The maximum atomic E-state index is 10.00. The van der Waals surface area contributed by atoms with Crippen molar-refractivity contribution in [2.45, 2.75) is 32.9 Å². The standard InChI is InChI=1S/C14H31N3O2/c1-4-16(5-2)12-14(18)10-15-13(3)11-17-6-8-19-9-7-17/h13-15,18H,4-12H2,1-3H3. The average molecular weight is 273 g/mol. The van der Waals surface area contributed by atoms with E-state index < -0.39 is 0 Å². The molecule has 0 aromatic heterocycles. The van der Waals surface area contributed by atoms with Crippen molar-refractivity contribution in [1.29, 1.82) is 0 Å². The van der Waals surface area contributed by atoms with E-state index >= 15 is 0 Å². The number of rotatable bonds is 9. The molecule has 2 N–H and O–H groups in total. The van der Waals surface area contributed by atoms with Crippen molar-refractivity contribution in [2.75, 3.05) is 59.0 Å². The Morgan fingerprint density at radius 3 is 2.47 bits per heavy atom. The van der Waals surface area contributed by atoms with Gasteiger partial charge in [0.25, 0.3) is 0 Å². The third-order valence-electron chi connectivity index (χ3n) is 3.70. The number of nitrogens with zero attached hydrogens (tertiary/aromatic N) is 2. The van der Waals surface area contributed by atoms with Crippen LogP contribution in [0.25, 0.3) is 0 Å². The van der Waals surface area contributed by atoms with Crippen LogP contribution in [-0.2, 0) is 4.74 Å². The second kappa shape index (κ2) is 9.66. The van der Waals surface area contributed by atoms with E-state index in [0.29, 0.717) is 12.6 Å². The van der Waals surface area contributed by atoms with Crippen molar-refractivity contribution in [3.05, 3.63) is 0 Å². The molecule has 1 heterocycles. The van der Waals surface area contributed by atoms with Gasteiger partial charge in [-0.25, -0.2) is 0 Å². The molecule has 0 aromatic carbocycles. The molecule has 0 radical (unpaired) electrons. The van der Waals surface area contributed by atoms with Crippen molar-refractivity contribution in [3.8, 4) is 0 Å². The van der Waals surface area contributed by atoms with E-state index in [1.54, 1.807) is 0 Å². The number of morpholine rings is 1. The third-order valence-corrected chi connectivity index (χ3v) is 3.70. The maximum Gasteiger partial charge on any atom is 0.0791 e. The highest BCUT2D eigenvalue weighted by Crippen LogP contribution is 1.99. The van der Waals surface area contributed by atoms with E-state index in [-0.39, 0.29) is 6.10 Å². The molecule has 0 bridgehead atoms. The Bertz CT molecular complexity index is 219. The summed E-state index contributed by atoms with van der Waals surface area (Å²) in [7, 11) is 0. The molecule has 0 amide bonds. The van der Waals surface area contributed by atoms with Crippen LogP contribution in [0.2, 0.25) is 0 Å². The fourth-order valence-corrected chi connectivity index (χ4v) is 2.42. The number of nitrogens with one attached hydrogen (secondary N) is 1. The zero-order valence-electron chi connectivity index (χ0n) is 12.8. The van der Waals surface area contributed by atoms with Gasteiger partial charge in [0.15, 0.2) is 0 Å². The lowest BCUT2D eigenvalue weighted by Crippen LogP contribution is -2.47. The van der Waals surface area contributed by atoms with Crippen LogP contribution in [0.5, 0.6) is 0 Å². The molecule has 0 spiro atoms. The summed E-state index contributed by atoms with van der Waals surface area (Å²) < 4.78 is 5.34. The number of ether oxygens (including phenoxy) is 1. The normalized spacial score (nSPS) is 20.7. The minimum Gasteiger partial charge on any atom is -0.390 e. The molecule has 2 atom stereocenters. The lowest BCUT2D eigenvalue weighted by atomic mass is 10.2. The van der Waals surface area contributed by atoms with Gasteiger partial charge in [-0.05, 0) is 20.0 Å². The summed E-state index contributed by atoms with van der Waals surface area (Å²) in [5.41, 5.74) is 0. The molecule has 1 rings (SSSR count). The Morgan fingerprint density at radius 1 is 1.26 bits per heavy atom. The summed E-state index contributed by atoms with van der Waals surface area (Å²) in [6, 6.07) is 0.407. The second-order valence-corrected chi connectivity index (χ2v) is 5.36. The van der Waals surface area contributed by atoms with E-state index in [9.17, 15) is 5.11 Å². The van der Waals surface area contributed by atoms with E-state index in [4.69, 9.17) is 4.74 Å². The maximum absolute atomic E-state index is 10.00. The van der Waals surface area contributed by atoms with Gasteiger partial charge in [0.2, 0.25) is 0 Å². The van der Waals surface area contributed by atoms with Crippen molar-refractivity contribution in [1.82, 2.24) is 15.1 Å². The highest BCUT2D eigenvalue weighted by molar-refractivity contribution is 4.73. The number of aliphatic hydroxyl groups excluding tert-OH is 1. The van der Waals surface area contributed by atoms with Gasteiger partial charge in [-0.2, -0.15) is 0 Å². The summed E-state index contributed by atoms with van der Waals surface area (Å²) in [5, 5.41) is 13.4. The Balaban J connectivity index is 2.12. The largest absolute Gasteiger partial charge is 0.390 e. The Labute approximate surface area is 117 Å². The molecule has 0 aromatic rings. The first kappa shape index (κ1) is 16.9. The molecule has 1 aliphatic heterocycles. The van der Waals surface area contributed by atoms with Crippen LogP contribution in [0, 0.1) is 0 Å². The van der Waals surface area contributed by atoms with Crippen LogP contribution in [0.3, 0.4) is 0 Å². The summed E-state index contributed by atoms with van der Waals surface area (Å²) >= 11 is 0. The van der Waals surface area contributed by atoms with Crippen LogP contribution < -0.4 is 5.32 Å². The molecule has 0 saturated carbocycles. The SMILES string of the molecule is CCN(CC)CC(O)CNC(C)CN1CCOCC1. The van der Waals surface area contributed by atoms with Gasteiger partial charge < -0.3 is 20.1 Å². The Hall–Kier alpha value is -0.200. The summed E-state index contributed by atoms with van der Waals surface area (Å²) in [4.78, 5) is 4.66. The van der Waals surface area contributed by atoms with Gasteiger partial charge in [-0.15, -0.1) is 0 Å². The predicted octanol–water partition coefficient (Wildman–Crippen LogP) is -0.000600. The van der Waals surface area contributed by atoms with Gasteiger partial charge in [0, 0.05) is 38.8 Å². The van der Waals surface area contributed by atoms with Crippen molar-refractivity contribution >= 4 is 0 Å². The number of hydrogen-bond donors (Lipinski definition) is 2. The van der Waals surface area contributed by atoms with Gasteiger partial charge in [0.1, 0.15) is 0 Å². The minimum absolute atomic E-state index is 0.285. The first-order chi connectivity index (χ1) is 9.15. The molecule has 0 aliphatic carbocycles. The molecular weight excluding hydrogens is 242 g/mol. The Morgan fingerprint density at radius 2 is 1.89 bits per heavy atom. The summed E-state index contributed by atoms with van der Waals surface area (Å²) in [5.74, 6) is 0. The lowest BCUT2D eigenvalue weighted by molar-refractivity contribution is 0.0333. The zero-order valence-corrected chi connectivity index (χ0v) is 12.8. The lowest BCUT2D eigenvalue weighted by Gasteiger charge is -2.30. The van der Waals surface area contributed by atoms with Gasteiger partial charge >= 0.3 is 0 Å². The molecule has 5 nitrogen and oxygen atoms in total. The first-order valence-corrected chi connectivity index (χ1v) is 7.59. The highest BCUT2D eigenvalue weighted by Gasteiger charge is 2.15.